The number of nitrogens with zero attached hydrogens (tertiary/aromatic N) is 3. The van der Waals surface area contributed by atoms with Gasteiger partial charge in [-0.2, -0.15) is 0 Å². The Morgan fingerprint density at radius 2 is 2.00 bits per heavy atom. The molecule has 3 atom stereocenters. The number of ether oxygens (including phenoxy) is 1. The molecule has 0 aromatic carbocycles. The predicted octanol–water partition coefficient (Wildman–Crippen LogP) is 3.10. The highest BCUT2D eigenvalue weighted by Crippen LogP contribution is 2.41. The monoisotopic (exact) mass is 335 g/mol. The molecule has 2 aliphatic heterocycles. The zero-order valence-corrected chi connectivity index (χ0v) is 15.2. The summed E-state index contributed by atoms with van der Waals surface area (Å²) >= 11 is 0. The fraction of sp³-hybridized carbons (Fsp3) is 0.833. The Hall–Kier alpha value is -1.43. The first kappa shape index (κ1) is 17.4. The number of hydrogen-bond donors (Lipinski definition) is 0. The lowest BCUT2D eigenvalue weighted by Gasteiger charge is -2.31. The number of amides is 1. The van der Waals surface area contributed by atoms with Crippen LogP contribution in [0.2, 0.25) is 0 Å². The molecule has 0 radical (unpaired) electrons. The molecule has 2 saturated heterocycles. The molecule has 0 aliphatic carbocycles. The minimum Gasteiger partial charge on any atom is -0.425 e. The van der Waals surface area contributed by atoms with E-state index < -0.39 is 0 Å². The molecule has 0 unspecified atom stereocenters. The topological polar surface area (TPSA) is 68.5 Å². The van der Waals surface area contributed by atoms with Crippen LogP contribution in [0.15, 0.2) is 4.42 Å². The molecular weight excluding hydrogens is 306 g/mol. The van der Waals surface area contributed by atoms with E-state index in [0.717, 1.165) is 32.4 Å². The molecule has 1 amide bonds. The Morgan fingerprint density at radius 3 is 2.71 bits per heavy atom. The SMILES string of the molecule is CCC(=O)N1CCC[C@H](c2nnc([C@H]3CCO[C@@H]3C(C)(C)C)o2)C1. The van der Waals surface area contributed by atoms with Gasteiger partial charge in [-0.3, -0.25) is 4.79 Å². The lowest BCUT2D eigenvalue weighted by molar-refractivity contribution is -0.132. The van der Waals surface area contributed by atoms with Crippen molar-refractivity contribution in [1.29, 1.82) is 0 Å². The highest BCUT2D eigenvalue weighted by molar-refractivity contribution is 5.75. The fourth-order valence-electron chi connectivity index (χ4n) is 3.89. The molecule has 1 aromatic heterocycles. The first-order valence-electron chi connectivity index (χ1n) is 9.12. The smallest absolute Gasteiger partial charge is 0.222 e. The average molecular weight is 335 g/mol. The second-order valence-corrected chi connectivity index (χ2v) is 8.06. The molecule has 0 bridgehead atoms. The largest absolute Gasteiger partial charge is 0.425 e. The predicted molar refractivity (Wildman–Crippen MR) is 89.7 cm³/mol. The zero-order valence-electron chi connectivity index (χ0n) is 15.2. The maximum Gasteiger partial charge on any atom is 0.222 e. The molecule has 1 aromatic rings. The van der Waals surface area contributed by atoms with E-state index >= 15 is 0 Å². The van der Waals surface area contributed by atoms with Crippen LogP contribution in [0.1, 0.15) is 77.0 Å². The van der Waals surface area contributed by atoms with Crippen LogP contribution in [-0.4, -0.2) is 46.8 Å². The van der Waals surface area contributed by atoms with Crippen LogP contribution in [0.25, 0.3) is 0 Å². The second-order valence-electron chi connectivity index (χ2n) is 8.06. The third-order valence-electron chi connectivity index (χ3n) is 5.14. The third kappa shape index (κ3) is 3.48. The number of piperidine rings is 1. The summed E-state index contributed by atoms with van der Waals surface area (Å²) in [6.45, 7) is 10.7. The van der Waals surface area contributed by atoms with Crippen molar-refractivity contribution < 1.29 is 13.9 Å². The van der Waals surface area contributed by atoms with E-state index in [9.17, 15) is 4.79 Å². The summed E-state index contributed by atoms with van der Waals surface area (Å²) in [6, 6.07) is 0. The molecular formula is C18H29N3O3. The van der Waals surface area contributed by atoms with Crippen LogP contribution < -0.4 is 0 Å². The summed E-state index contributed by atoms with van der Waals surface area (Å²) in [6.07, 6.45) is 3.57. The van der Waals surface area contributed by atoms with Gasteiger partial charge in [0, 0.05) is 26.1 Å². The minimum atomic E-state index is 0.0466. The Labute approximate surface area is 143 Å². The van der Waals surface area contributed by atoms with Crippen molar-refractivity contribution in [3.63, 3.8) is 0 Å². The van der Waals surface area contributed by atoms with Gasteiger partial charge in [-0.15, -0.1) is 10.2 Å². The van der Waals surface area contributed by atoms with Crippen LogP contribution in [0.5, 0.6) is 0 Å². The lowest BCUT2D eigenvalue weighted by Crippen LogP contribution is -2.38. The van der Waals surface area contributed by atoms with Crippen molar-refractivity contribution in [3.05, 3.63) is 11.8 Å². The van der Waals surface area contributed by atoms with Gasteiger partial charge in [0.2, 0.25) is 17.7 Å². The maximum atomic E-state index is 12.0. The van der Waals surface area contributed by atoms with Crippen LogP contribution in [0.3, 0.4) is 0 Å². The molecule has 2 fully saturated rings. The Kier molecular flexibility index (Phi) is 4.95. The number of likely N-dealkylation sites (tertiary alicyclic amines) is 1. The van der Waals surface area contributed by atoms with Crippen LogP contribution in [-0.2, 0) is 9.53 Å². The van der Waals surface area contributed by atoms with Gasteiger partial charge in [0.1, 0.15) is 0 Å². The quantitative estimate of drug-likeness (QED) is 0.849. The first-order valence-corrected chi connectivity index (χ1v) is 9.12. The minimum absolute atomic E-state index is 0.0466. The number of hydrogen-bond acceptors (Lipinski definition) is 5. The zero-order chi connectivity index (χ0) is 17.3. The molecule has 3 heterocycles. The molecule has 3 rings (SSSR count). The van der Waals surface area contributed by atoms with Crippen molar-refractivity contribution in [1.82, 2.24) is 15.1 Å². The molecule has 6 nitrogen and oxygen atoms in total. The normalized spacial score (nSPS) is 28.3. The van der Waals surface area contributed by atoms with Crippen LogP contribution in [0.4, 0.5) is 0 Å². The van der Waals surface area contributed by atoms with Gasteiger partial charge in [0.25, 0.3) is 0 Å². The Balaban J connectivity index is 1.72. The average Bonchev–Trinajstić information content (AvgIpc) is 3.22. The number of aromatic nitrogens is 2. The summed E-state index contributed by atoms with van der Waals surface area (Å²) in [5.74, 6) is 1.91. The number of carbonyl (C=O) groups is 1. The third-order valence-corrected chi connectivity index (χ3v) is 5.14. The van der Waals surface area contributed by atoms with Crippen molar-refractivity contribution >= 4 is 5.91 Å². The molecule has 6 heteroatoms. The van der Waals surface area contributed by atoms with Gasteiger partial charge in [-0.1, -0.05) is 27.7 Å². The van der Waals surface area contributed by atoms with E-state index in [1.165, 1.54) is 0 Å². The molecule has 2 aliphatic rings. The number of carbonyl (C=O) groups excluding carboxylic acids is 1. The summed E-state index contributed by atoms with van der Waals surface area (Å²) in [5.41, 5.74) is 0.0466. The molecule has 134 valence electrons. The van der Waals surface area contributed by atoms with E-state index in [1.54, 1.807) is 0 Å². The number of rotatable bonds is 3. The fourth-order valence-corrected chi connectivity index (χ4v) is 3.89. The highest BCUT2D eigenvalue weighted by atomic mass is 16.5. The first-order chi connectivity index (χ1) is 11.4. The summed E-state index contributed by atoms with van der Waals surface area (Å²) in [4.78, 5) is 13.9. The highest BCUT2D eigenvalue weighted by Gasteiger charge is 2.41. The van der Waals surface area contributed by atoms with E-state index in [4.69, 9.17) is 9.15 Å². The molecule has 24 heavy (non-hydrogen) atoms. The molecule has 0 spiro atoms. The van der Waals surface area contributed by atoms with E-state index in [-0.39, 0.29) is 29.3 Å². The lowest BCUT2D eigenvalue weighted by atomic mass is 9.81. The van der Waals surface area contributed by atoms with Gasteiger partial charge in [0.15, 0.2) is 0 Å². The van der Waals surface area contributed by atoms with Crippen molar-refractivity contribution in [2.75, 3.05) is 19.7 Å². The van der Waals surface area contributed by atoms with Crippen LogP contribution >= 0.6 is 0 Å². The van der Waals surface area contributed by atoms with Crippen molar-refractivity contribution in [2.45, 2.75) is 71.3 Å². The second kappa shape index (κ2) is 6.82. The maximum absolute atomic E-state index is 12.0. The summed E-state index contributed by atoms with van der Waals surface area (Å²) < 4.78 is 12.0. The van der Waals surface area contributed by atoms with E-state index in [0.29, 0.717) is 24.7 Å². The summed E-state index contributed by atoms with van der Waals surface area (Å²) in [7, 11) is 0. The van der Waals surface area contributed by atoms with Gasteiger partial charge in [-0.05, 0) is 24.7 Å². The van der Waals surface area contributed by atoms with Gasteiger partial charge < -0.3 is 14.1 Å². The van der Waals surface area contributed by atoms with Gasteiger partial charge in [0.05, 0.1) is 17.9 Å². The van der Waals surface area contributed by atoms with Crippen LogP contribution in [0, 0.1) is 5.41 Å². The molecule has 0 N–H and O–H groups in total. The van der Waals surface area contributed by atoms with Crippen molar-refractivity contribution in [3.8, 4) is 0 Å². The van der Waals surface area contributed by atoms with E-state index in [1.807, 2.05) is 11.8 Å². The Morgan fingerprint density at radius 1 is 1.25 bits per heavy atom. The summed E-state index contributed by atoms with van der Waals surface area (Å²) in [5, 5.41) is 8.64. The standard InChI is InChI=1S/C18H29N3O3/c1-5-14(22)21-9-6-7-12(11-21)16-19-20-17(24-16)13-8-10-23-15(13)18(2,3)4/h12-13,15H,5-11H2,1-4H3/t12-,13-,15-/m0/s1. The van der Waals surface area contributed by atoms with E-state index in [2.05, 4.69) is 31.0 Å². The molecule has 0 saturated carbocycles. The van der Waals surface area contributed by atoms with Gasteiger partial charge >= 0.3 is 0 Å². The van der Waals surface area contributed by atoms with Crippen molar-refractivity contribution in [2.24, 2.45) is 5.41 Å². The van der Waals surface area contributed by atoms with Gasteiger partial charge in [-0.25, -0.2) is 0 Å². The Bertz CT molecular complexity index is 578.